The van der Waals surface area contributed by atoms with Crippen molar-refractivity contribution in [1.29, 1.82) is 0 Å². The molecule has 2 atom stereocenters. The fourth-order valence-electron chi connectivity index (χ4n) is 3.38. The SMILES string of the molecule is C[C@](N=CC(=O)O)(C(=O)N1CC[C@H](C(=O)O)N1)C1CCCCC1. The van der Waals surface area contributed by atoms with Gasteiger partial charge < -0.3 is 10.2 Å². The largest absolute Gasteiger partial charge is 0.480 e. The molecule has 2 fully saturated rings. The van der Waals surface area contributed by atoms with E-state index in [2.05, 4.69) is 10.4 Å². The molecule has 8 heteroatoms. The number of aliphatic carboxylic acids is 2. The van der Waals surface area contributed by atoms with E-state index in [0.29, 0.717) is 6.42 Å². The average molecular weight is 325 g/mol. The van der Waals surface area contributed by atoms with Crippen molar-refractivity contribution in [3.05, 3.63) is 0 Å². The van der Waals surface area contributed by atoms with Crippen LogP contribution in [0.3, 0.4) is 0 Å². The van der Waals surface area contributed by atoms with Crippen molar-refractivity contribution in [3.8, 4) is 0 Å². The van der Waals surface area contributed by atoms with Crippen LogP contribution >= 0.6 is 0 Å². The van der Waals surface area contributed by atoms with Gasteiger partial charge in [0.05, 0.1) is 0 Å². The topological polar surface area (TPSA) is 119 Å². The molecule has 1 aliphatic heterocycles. The highest BCUT2D eigenvalue weighted by molar-refractivity contribution is 6.22. The minimum Gasteiger partial charge on any atom is -0.480 e. The van der Waals surface area contributed by atoms with E-state index in [1.165, 1.54) is 5.01 Å². The first-order valence-corrected chi connectivity index (χ1v) is 7.93. The van der Waals surface area contributed by atoms with Crippen LogP contribution in [-0.4, -0.2) is 57.4 Å². The number of carboxylic acid groups (broad SMARTS) is 2. The normalized spacial score (nSPS) is 25.4. The van der Waals surface area contributed by atoms with E-state index in [0.717, 1.165) is 38.3 Å². The predicted molar refractivity (Wildman–Crippen MR) is 82.0 cm³/mol. The number of nitrogens with one attached hydrogen (secondary N) is 1. The van der Waals surface area contributed by atoms with Gasteiger partial charge >= 0.3 is 11.9 Å². The molecular formula is C15H23N3O5. The molecule has 1 amide bonds. The highest BCUT2D eigenvalue weighted by atomic mass is 16.4. The minimum atomic E-state index is -1.20. The standard InChI is InChI=1S/C15H23N3O5/c1-15(16-9-12(19)20,10-5-3-2-4-6-10)14(23)18-8-7-11(17-18)13(21)22/h9-11,17H,2-8H2,1H3,(H,19,20)(H,21,22)/t11-,15-/m1/s1. The number of rotatable bonds is 5. The quantitative estimate of drug-likeness (QED) is 0.639. The lowest BCUT2D eigenvalue weighted by Crippen LogP contribution is -2.54. The van der Waals surface area contributed by atoms with E-state index in [9.17, 15) is 14.4 Å². The van der Waals surface area contributed by atoms with Crippen molar-refractivity contribution in [2.45, 2.75) is 57.0 Å². The Bertz CT molecular complexity index is 515. The number of aliphatic imine (C=N–C) groups is 1. The van der Waals surface area contributed by atoms with E-state index in [4.69, 9.17) is 10.2 Å². The first kappa shape index (κ1) is 17.4. The summed E-state index contributed by atoms with van der Waals surface area (Å²) in [4.78, 5) is 38.9. The highest BCUT2D eigenvalue weighted by Crippen LogP contribution is 2.36. The number of carboxylic acids is 2. The van der Waals surface area contributed by atoms with Crippen molar-refractivity contribution >= 4 is 24.1 Å². The zero-order valence-corrected chi connectivity index (χ0v) is 13.2. The van der Waals surface area contributed by atoms with Gasteiger partial charge in [-0.1, -0.05) is 19.3 Å². The third kappa shape index (κ3) is 3.87. The first-order valence-electron chi connectivity index (χ1n) is 7.93. The number of carbonyl (C=O) groups excluding carboxylic acids is 1. The van der Waals surface area contributed by atoms with Crippen LogP contribution in [-0.2, 0) is 14.4 Å². The number of hydrazine groups is 1. The lowest BCUT2D eigenvalue weighted by molar-refractivity contribution is -0.143. The smallest absolute Gasteiger partial charge is 0.346 e. The zero-order valence-electron chi connectivity index (χ0n) is 13.2. The van der Waals surface area contributed by atoms with Crippen LogP contribution in [0.2, 0.25) is 0 Å². The monoisotopic (exact) mass is 325 g/mol. The molecule has 0 aromatic heterocycles. The van der Waals surface area contributed by atoms with Gasteiger partial charge in [-0.2, -0.15) is 0 Å². The van der Waals surface area contributed by atoms with Gasteiger partial charge in [-0.3, -0.25) is 19.6 Å². The van der Waals surface area contributed by atoms with Gasteiger partial charge in [0, 0.05) is 6.54 Å². The molecule has 0 bridgehead atoms. The van der Waals surface area contributed by atoms with Crippen molar-refractivity contribution in [2.75, 3.05) is 6.54 Å². The maximum Gasteiger partial charge on any atom is 0.346 e. The second kappa shape index (κ2) is 7.08. The molecule has 1 saturated heterocycles. The molecule has 2 rings (SSSR count). The molecule has 1 saturated carbocycles. The summed E-state index contributed by atoms with van der Waals surface area (Å²) >= 11 is 0. The van der Waals surface area contributed by atoms with Gasteiger partial charge in [0.25, 0.3) is 5.91 Å². The predicted octanol–water partition coefficient (Wildman–Crippen LogP) is 0.671. The van der Waals surface area contributed by atoms with Gasteiger partial charge in [0.15, 0.2) is 0 Å². The maximum atomic E-state index is 12.9. The van der Waals surface area contributed by atoms with Gasteiger partial charge in [-0.25, -0.2) is 10.2 Å². The summed E-state index contributed by atoms with van der Waals surface area (Å²) in [5.41, 5.74) is 1.50. The Balaban J connectivity index is 2.20. The molecule has 8 nitrogen and oxygen atoms in total. The van der Waals surface area contributed by atoms with Crippen molar-refractivity contribution in [3.63, 3.8) is 0 Å². The molecule has 0 radical (unpaired) electrons. The molecule has 0 aromatic rings. The highest BCUT2D eigenvalue weighted by Gasteiger charge is 2.46. The van der Waals surface area contributed by atoms with Crippen molar-refractivity contribution < 1.29 is 24.6 Å². The molecule has 128 valence electrons. The van der Waals surface area contributed by atoms with Crippen LogP contribution in [0.4, 0.5) is 0 Å². The molecule has 1 heterocycles. The van der Waals surface area contributed by atoms with Gasteiger partial charge in [-0.05, 0) is 32.1 Å². The minimum absolute atomic E-state index is 0.0370. The van der Waals surface area contributed by atoms with Crippen LogP contribution < -0.4 is 5.43 Å². The van der Waals surface area contributed by atoms with E-state index < -0.39 is 23.5 Å². The maximum absolute atomic E-state index is 12.9. The molecule has 1 aliphatic carbocycles. The van der Waals surface area contributed by atoms with Crippen LogP contribution in [0, 0.1) is 5.92 Å². The number of hydrogen-bond donors (Lipinski definition) is 3. The Morgan fingerprint density at radius 2 is 1.83 bits per heavy atom. The van der Waals surface area contributed by atoms with Gasteiger partial charge in [0.1, 0.15) is 17.8 Å². The van der Waals surface area contributed by atoms with E-state index >= 15 is 0 Å². The Morgan fingerprint density at radius 3 is 2.35 bits per heavy atom. The Hall–Kier alpha value is -1.96. The number of carbonyl (C=O) groups is 3. The van der Waals surface area contributed by atoms with E-state index in [1.54, 1.807) is 6.92 Å². The number of nitrogens with zero attached hydrogens (tertiary/aromatic N) is 2. The molecule has 0 aromatic carbocycles. The average Bonchev–Trinajstić information content (AvgIpc) is 3.03. The summed E-state index contributed by atoms with van der Waals surface area (Å²) in [7, 11) is 0. The summed E-state index contributed by atoms with van der Waals surface area (Å²) in [6.07, 6.45) is 5.81. The fraction of sp³-hybridized carbons (Fsp3) is 0.733. The van der Waals surface area contributed by atoms with Crippen LogP contribution in [0.25, 0.3) is 0 Å². The second-order valence-electron chi connectivity index (χ2n) is 6.34. The summed E-state index contributed by atoms with van der Waals surface area (Å²) in [5.74, 6) is -2.60. The first-order chi connectivity index (χ1) is 10.8. The second-order valence-corrected chi connectivity index (χ2v) is 6.34. The summed E-state index contributed by atoms with van der Waals surface area (Å²) < 4.78 is 0. The molecular weight excluding hydrogens is 302 g/mol. The van der Waals surface area contributed by atoms with Crippen molar-refractivity contribution in [1.82, 2.24) is 10.4 Å². The Labute approximate surface area is 134 Å². The van der Waals surface area contributed by atoms with Crippen LogP contribution in [0.5, 0.6) is 0 Å². The Morgan fingerprint density at radius 1 is 1.17 bits per heavy atom. The zero-order chi connectivity index (χ0) is 17.0. The number of hydrogen-bond acceptors (Lipinski definition) is 5. The lowest BCUT2D eigenvalue weighted by atomic mass is 9.75. The lowest BCUT2D eigenvalue weighted by Gasteiger charge is -2.37. The molecule has 2 aliphatic rings. The molecule has 0 unspecified atom stereocenters. The van der Waals surface area contributed by atoms with E-state index in [-0.39, 0.29) is 18.4 Å². The van der Waals surface area contributed by atoms with Crippen LogP contribution in [0.1, 0.15) is 45.4 Å². The van der Waals surface area contributed by atoms with Crippen LogP contribution in [0.15, 0.2) is 4.99 Å². The third-order valence-electron chi connectivity index (χ3n) is 4.77. The summed E-state index contributed by atoms with van der Waals surface area (Å²) in [6.45, 7) is 1.93. The number of amides is 1. The summed E-state index contributed by atoms with van der Waals surface area (Å²) in [6, 6.07) is -0.794. The van der Waals surface area contributed by atoms with Crippen molar-refractivity contribution in [2.24, 2.45) is 10.9 Å². The fourth-order valence-corrected chi connectivity index (χ4v) is 3.38. The Kier molecular flexibility index (Phi) is 5.35. The van der Waals surface area contributed by atoms with Gasteiger partial charge in [-0.15, -0.1) is 0 Å². The van der Waals surface area contributed by atoms with Gasteiger partial charge in [0.2, 0.25) is 0 Å². The molecule has 3 N–H and O–H groups in total. The molecule has 0 spiro atoms. The third-order valence-corrected chi connectivity index (χ3v) is 4.77. The molecule has 23 heavy (non-hydrogen) atoms. The van der Waals surface area contributed by atoms with E-state index in [1.807, 2.05) is 0 Å². The summed E-state index contributed by atoms with van der Waals surface area (Å²) in [5, 5.41) is 19.2.